The number of hydrogen-bond acceptors (Lipinski definition) is 7. The fourth-order valence-electron chi connectivity index (χ4n) is 1.33. The van der Waals surface area contributed by atoms with E-state index in [1.165, 1.54) is 14.2 Å². The van der Waals surface area contributed by atoms with Gasteiger partial charge in [-0.2, -0.15) is 0 Å². The van der Waals surface area contributed by atoms with Gasteiger partial charge in [-0.1, -0.05) is 0 Å². The van der Waals surface area contributed by atoms with Crippen LogP contribution in [0.25, 0.3) is 0 Å². The third-order valence-electron chi connectivity index (χ3n) is 2.16. The van der Waals surface area contributed by atoms with E-state index in [1.807, 2.05) is 0 Å². The maximum atomic E-state index is 11.4. The quantitative estimate of drug-likeness (QED) is 0.578. The van der Waals surface area contributed by atoms with Gasteiger partial charge in [0.15, 0.2) is 0 Å². The summed E-state index contributed by atoms with van der Waals surface area (Å²) >= 11 is 0. The fourth-order valence-corrected chi connectivity index (χ4v) is 1.99. The molecular formula is C10H11O7S-. The summed E-state index contributed by atoms with van der Waals surface area (Å²) in [6.07, 6.45) is 0. The van der Waals surface area contributed by atoms with Crippen molar-refractivity contribution in [2.45, 2.75) is 4.90 Å². The van der Waals surface area contributed by atoms with Crippen LogP contribution < -0.4 is 9.47 Å². The molecule has 8 heteroatoms. The van der Waals surface area contributed by atoms with Crippen molar-refractivity contribution < 1.29 is 32.0 Å². The molecule has 0 aliphatic heterocycles. The second-order valence-electron chi connectivity index (χ2n) is 3.15. The molecule has 0 bridgehead atoms. The number of hydrogen-bond donors (Lipinski definition) is 0. The number of carbonyl (C=O) groups excluding carboxylic acids is 1. The molecule has 0 fully saturated rings. The number of carbonyl (C=O) groups is 1. The van der Waals surface area contributed by atoms with Gasteiger partial charge in [0.05, 0.1) is 26.2 Å². The van der Waals surface area contributed by atoms with E-state index in [2.05, 4.69) is 4.74 Å². The molecule has 1 aromatic rings. The first-order valence-corrected chi connectivity index (χ1v) is 6.06. The molecule has 0 aromatic heterocycles. The normalized spacial score (nSPS) is 10.9. The zero-order valence-corrected chi connectivity index (χ0v) is 10.7. The second-order valence-corrected chi connectivity index (χ2v) is 4.50. The maximum absolute atomic E-state index is 11.4. The molecule has 0 N–H and O–H groups in total. The first kappa shape index (κ1) is 14.3. The molecule has 0 spiro atoms. The lowest BCUT2D eigenvalue weighted by molar-refractivity contribution is 0.0596. The van der Waals surface area contributed by atoms with Crippen molar-refractivity contribution in [2.24, 2.45) is 0 Å². The standard InChI is InChI=1S/C10H12O7S/c1-15-7-5-8(16-2)9(18(12,13)14)4-6(7)10(11)17-3/h4-5H,1-3H3,(H,12,13,14)/p-1. The Morgan fingerprint density at radius 2 is 1.67 bits per heavy atom. The number of esters is 1. The molecule has 0 saturated heterocycles. The lowest BCUT2D eigenvalue weighted by atomic mass is 10.2. The van der Waals surface area contributed by atoms with E-state index in [9.17, 15) is 17.8 Å². The molecule has 0 radical (unpaired) electrons. The van der Waals surface area contributed by atoms with Crippen molar-refractivity contribution in [1.82, 2.24) is 0 Å². The highest BCUT2D eigenvalue weighted by molar-refractivity contribution is 7.85. The molecule has 0 heterocycles. The SMILES string of the molecule is COC(=O)c1cc(S(=O)(=O)[O-])c(OC)cc1OC. The van der Waals surface area contributed by atoms with E-state index in [1.54, 1.807) is 0 Å². The first-order valence-electron chi connectivity index (χ1n) is 4.65. The van der Waals surface area contributed by atoms with Crippen LogP contribution in [0.15, 0.2) is 17.0 Å². The maximum Gasteiger partial charge on any atom is 0.341 e. The van der Waals surface area contributed by atoms with E-state index in [0.717, 1.165) is 19.2 Å². The van der Waals surface area contributed by atoms with Gasteiger partial charge in [0.1, 0.15) is 27.2 Å². The molecule has 0 atom stereocenters. The summed E-state index contributed by atoms with van der Waals surface area (Å²) in [7, 11) is -1.17. The largest absolute Gasteiger partial charge is 0.744 e. The summed E-state index contributed by atoms with van der Waals surface area (Å²) in [5.74, 6) is -0.972. The molecular weight excluding hydrogens is 264 g/mol. The Hall–Kier alpha value is -1.80. The highest BCUT2D eigenvalue weighted by Crippen LogP contribution is 2.32. The van der Waals surface area contributed by atoms with Crippen molar-refractivity contribution >= 4 is 16.1 Å². The smallest absolute Gasteiger partial charge is 0.341 e. The Balaban J connectivity index is 3.59. The minimum atomic E-state index is -4.77. The van der Waals surface area contributed by atoms with E-state index in [4.69, 9.17) is 9.47 Å². The van der Waals surface area contributed by atoms with Crippen molar-refractivity contribution in [2.75, 3.05) is 21.3 Å². The Kier molecular flexibility index (Phi) is 4.15. The average molecular weight is 275 g/mol. The topological polar surface area (TPSA) is 102 Å². The van der Waals surface area contributed by atoms with Gasteiger partial charge in [-0.15, -0.1) is 0 Å². The molecule has 18 heavy (non-hydrogen) atoms. The molecule has 0 amide bonds. The number of ether oxygens (including phenoxy) is 3. The summed E-state index contributed by atoms with van der Waals surface area (Å²) in [6.45, 7) is 0. The highest BCUT2D eigenvalue weighted by atomic mass is 32.2. The van der Waals surface area contributed by atoms with Gasteiger partial charge in [-0.25, -0.2) is 13.2 Å². The van der Waals surface area contributed by atoms with Gasteiger partial charge < -0.3 is 18.8 Å². The van der Waals surface area contributed by atoms with Gasteiger partial charge >= 0.3 is 5.97 Å². The minimum absolute atomic E-state index is 0.0473. The molecule has 0 aliphatic rings. The van der Waals surface area contributed by atoms with Gasteiger partial charge in [0.25, 0.3) is 0 Å². The Labute approximate surface area is 104 Å². The van der Waals surface area contributed by atoms with Crippen LogP contribution in [0.2, 0.25) is 0 Å². The molecule has 0 saturated carbocycles. The van der Waals surface area contributed by atoms with Gasteiger partial charge in [-0.05, 0) is 6.07 Å². The lowest BCUT2D eigenvalue weighted by Gasteiger charge is -2.15. The average Bonchev–Trinajstić information content (AvgIpc) is 2.34. The highest BCUT2D eigenvalue weighted by Gasteiger charge is 2.20. The third kappa shape index (κ3) is 2.71. The summed E-state index contributed by atoms with van der Waals surface area (Å²) in [6, 6.07) is 2.00. The monoisotopic (exact) mass is 275 g/mol. The summed E-state index contributed by atoms with van der Waals surface area (Å²) < 4.78 is 47.3. The summed E-state index contributed by atoms with van der Waals surface area (Å²) in [5.41, 5.74) is -0.171. The molecule has 100 valence electrons. The lowest BCUT2D eigenvalue weighted by Crippen LogP contribution is -2.09. The van der Waals surface area contributed by atoms with Crippen LogP contribution in [0, 0.1) is 0 Å². The van der Waals surface area contributed by atoms with E-state index >= 15 is 0 Å². The number of benzene rings is 1. The zero-order chi connectivity index (χ0) is 13.9. The molecule has 0 aliphatic carbocycles. The van der Waals surface area contributed by atoms with Crippen LogP contribution in [0.3, 0.4) is 0 Å². The van der Waals surface area contributed by atoms with Crippen LogP contribution in [0.4, 0.5) is 0 Å². The van der Waals surface area contributed by atoms with Crippen LogP contribution in [0.1, 0.15) is 10.4 Å². The predicted octanol–water partition coefficient (Wildman–Crippen LogP) is 0.395. The Bertz CT molecular complexity index is 562. The zero-order valence-electron chi connectivity index (χ0n) is 9.92. The van der Waals surface area contributed by atoms with Gasteiger partial charge in [0.2, 0.25) is 0 Å². The van der Waals surface area contributed by atoms with Crippen molar-refractivity contribution in [3.63, 3.8) is 0 Å². The predicted molar refractivity (Wildman–Crippen MR) is 58.8 cm³/mol. The number of methoxy groups -OCH3 is 3. The first-order chi connectivity index (χ1) is 8.35. The number of rotatable bonds is 4. The van der Waals surface area contributed by atoms with E-state index in [-0.39, 0.29) is 17.1 Å². The summed E-state index contributed by atoms with van der Waals surface area (Å²) in [4.78, 5) is 10.8. The van der Waals surface area contributed by atoms with Crippen LogP contribution in [0.5, 0.6) is 11.5 Å². The van der Waals surface area contributed by atoms with Crippen molar-refractivity contribution in [3.8, 4) is 11.5 Å². The van der Waals surface area contributed by atoms with Crippen LogP contribution in [-0.4, -0.2) is 40.3 Å². The molecule has 1 aromatic carbocycles. The van der Waals surface area contributed by atoms with Crippen molar-refractivity contribution in [1.29, 1.82) is 0 Å². The second kappa shape index (κ2) is 5.23. The molecule has 1 rings (SSSR count). The van der Waals surface area contributed by atoms with Crippen molar-refractivity contribution in [3.05, 3.63) is 17.7 Å². The van der Waals surface area contributed by atoms with Gasteiger partial charge in [-0.3, -0.25) is 0 Å². The Morgan fingerprint density at radius 1 is 1.11 bits per heavy atom. The summed E-state index contributed by atoms with van der Waals surface area (Å²) in [5, 5.41) is 0. The third-order valence-corrected chi connectivity index (χ3v) is 3.02. The van der Waals surface area contributed by atoms with Crippen LogP contribution >= 0.6 is 0 Å². The minimum Gasteiger partial charge on any atom is -0.744 e. The van der Waals surface area contributed by atoms with E-state index < -0.39 is 21.0 Å². The Morgan fingerprint density at radius 3 is 2.06 bits per heavy atom. The molecule has 0 unspecified atom stereocenters. The molecule has 7 nitrogen and oxygen atoms in total. The van der Waals surface area contributed by atoms with Gasteiger partial charge in [0, 0.05) is 6.07 Å². The van der Waals surface area contributed by atoms with E-state index in [0.29, 0.717) is 0 Å². The fraction of sp³-hybridized carbons (Fsp3) is 0.300. The van der Waals surface area contributed by atoms with Crippen LogP contribution in [-0.2, 0) is 14.9 Å².